The molecule has 2 saturated heterocycles. The lowest BCUT2D eigenvalue weighted by Crippen LogP contribution is -2.45. The van der Waals surface area contributed by atoms with E-state index in [-0.39, 0.29) is 44.2 Å². The third kappa shape index (κ3) is 4.48. The number of carbonyl (C=O) groups excluding carboxylic acids is 2. The minimum atomic E-state index is -0.180. The fourth-order valence-electron chi connectivity index (χ4n) is 3.98. The van der Waals surface area contributed by atoms with Crippen LogP contribution in [0.15, 0.2) is 23.1 Å². The number of nitrogens with zero attached hydrogens (tertiary/aromatic N) is 2. The molecule has 0 unspecified atom stereocenters. The second-order valence-corrected chi connectivity index (χ2v) is 9.12. The van der Waals surface area contributed by atoms with E-state index in [2.05, 4.69) is 0 Å². The fraction of sp³-hybridized carbons (Fsp3) is 0.476. The normalized spacial score (nSPS) is 22.3. The molecule has 0 radical (unpaired) electrons. The van der Waals surface area contributed by atoms with Gasteiger partial charge in [0.05, 0.1) is 4.91 Å². The summed E-state index contributed by atoms with van der Waals surface area (Å²) in [6, 6.07) is 5.60. The Hall–Kier alpha value is -2.10. The molecule has 0 aromatic heterocycles. The van der Waals surface area contributed by atoms with Crippen molar-refractivity contribution in [3.05, 3.63) is 28.7 Å². The van der Waals surface area contributed by atoms with Gasteiger partial charge in [-0.1, -0.05) is 30.0 Å². The number of piperidine rings is 1. The van der Waals surface area contributed by atoms with Crippen LogP contribution in [0.5, 0.6) is 11.5 Å². The maximum atomic E-state index is 12.8. The number of ether oxygens (including phenoxy) is 2. The maximum absolute atomic E-state index is 12.8. The molecule has 1 aromatic rings. The Morgan fingerprint density at radius 2 is 2.13 bits per heavy atom. The average Bonchev–Trinajstić information content (AvgIpc) is 3.31. The molecule has 1 aromatic carbocycles. The molecule has 160 valence electrons. The number of rotatable bonds is 6. The van der Waals surface area contributed by atoms with Gasteiger partial charge < -0.3 is 19.5 Å². The number of benzene rings is 1. The van der Waals surface area contributed by atoms with Crippen LogP contribution in [0, 0.1) is 0 Å². The van der Waals surface area contributed by atoms with Crippen LogP contribution in [0.2, 0.25) is 0 Å². The van der Waals surface area contributed by atoms with Crippen LogP contribution >= 0.6 is 24.0 Å². The zero-order valence-electron chi connectivity index (χ0n) is 16.5. The molecule has 1 atom stereocenters. The van der Waals surface area contributed by atoms with Crippen LogP contribution in [0.1, 0.15) is 37.7 Å². The van der Waals surface area contributed by atoms with Crippen LogP contribution < -0.4 is 9.47 Å². The van der Waals surface area contributed by atoms with Crippen molar-refractivity contribution in [2.24, 2.45) is 0 Å². The zero-order chi connectivity index (χ0) is 21.1. The van der Waals surface area contributed by atoms with Crippen LogP contribution in [0.4, 0.5) is 0 Å². The van der Waals surface area contributed by atoms with E-state index in [0.29, 0.717) is 33.7 Å². The van der Waals surface area contributed by atoms with E-state index in [1.807, 2.05) is 23.1 Å². The molecule has 7 nitrogen and oxygen atoms in total. The van der Waals surface area contributed by atoms with Gasteiger partial charge in [0, 0.05) is 32.2 Å². The van der Waals surface area contributed by atoms with Gasteiger partial charge in [-0.25, -0.2) is 0 Å². The molecule has 0 spiro atoms. The Balaban J connectivity index is 1.39. The molecule has 0 saturated carbocycles. The minimum Gasteiger partial charge on any atom is -0.454 e. The Labute approximate surface area is 185 Å². The second kappa shape index (κ2) is 9.36. The van der Waals surface area contributed by atoms with Gasteiger partial charge >= 0.3 is 0 Å². The van der Waals surface area contributed by atoms with Crippen molar-refractivity contribution >= 4 is 46.2 Å². The molecule has 1 N–H and O–H groups in total. The van der Waals surface area contributed by atoms with Gasteiger partial charge in [0.25, 0.3) is 5.91 Å². The Morgan fingerprint density at radius 3 is 2.97 bits per heavy atom. The number of fused-ring (bicyclic) bond motifs is 1. The third-order valence-electron chi connectivity index (χ3n) is 5.53. The third-order valence-corrected chi connectivity index (χ3v) is 6.90. The van der Waals surface area contributed by atoms with Crippen molar-refractivity contribution in [3.8, 4) is 11.5 Å². The zero-order valence-corrected chi connectivity index (χ0v) is 18.2. The van der Waals surface area contributed by atoms with Crippen molar-refractivity contribution in [2.45, 2.75) is 38.1 Å². The SMILES string of the molecule is O=C1/C(=C/c2ccc3c(c2)OCO3)SC(=S)N1CCC(=O)N1CCCC[C@H]1CCO. The maximum Gasteiger partial charge on any atom is 0.266 e. The summed E-state index contributed by atoms with van der Waals surface area (Å²) in [6.45, 7) is 1.26. The largest absolute Gasteiger partial charge is 0.454 e. The molecule has 4 rings (SSSR count). The minimum absolute atomic E-state index is 0.0157. The van der Waals surface area contributed by atoms with E-state index in [4.69, 9.17) is 21.7 Å². The first-order valence-corrected chi connectivity index (χ1v) is 11.3. The van der Waals surface area contributed by atoms with Crippen molar-refractivity contribution in [1.82, 2.24) is 9.80 Å². The van der Waals surface area contributed by atoms with Crippen LogP contribution in [-0.2, 0) is 9.59 Å². The van der Waals surface area contributed by atoms with E-state index >= 15 is 0 Å². The molecule has 3 aliphatic heterocycles. The number of thioether (sulfide) groups is 1. The Kier molecular flexibility index (Phi) is 6.60. The smallest absolute Gasteiger partial charge is 0.266 e. The number of amides is 2. The van der Waals surface area contributed by atoms with Crippen molar-refractivity contribution < 1.29 is 24.2 Å². The summed E-state index contributed by atoms with van der Waals surface area (Å²) < 4.78 is 11.2. The highest BCUT2D eigenvalue weighted by Crippen LogP contribution is 2.36. The highest BCUT2D eigenvalue weighted by molar-refractivity contribution is 8.26. The number of thiocarbonyl (C=S) groups is 1. The van der Waals surface area contributed by atoms with Gasteiger partial charge in [0.1, 0.15) is 4.32 Å². The summed E-state index contributed by atoms with van der Waals surface area (Å²) in [5.74, 6) is 1.18. The molecule has 0 aliphatic carbocycles. The highest BCUT2D eigenvalue weighted by atomic mass is 32.2. The van der Waals surface area contributed by atoms with Crippen LogP contribution in [0.3, 0.4) is 0 Å². The highest BCUT2D eigenvalue weighted by Gasteiger charge is 2.33. The number of aliphatic hydroxyl groups is 1. The van der Waals surface area contributed by atoms with E-state index < -0.39 is 0 Å². The summed E-state index contributed by atoms with van der Waals surface area (Å²) in [5, 5.41) is 9.26. The predicted octanol–water partition coefficient (Wildman–Crippen LogP) is 2.77. The predicted molar refractivity (Wildman–Crippen MR) is 118 cm³/mol. The Bertz CT molecular complexity index is 886. The van der Waals surface area contributed by atoms with Crippen LogP contribution in [0.25, 0.3) is 6.08 Å². The molecule has 3 heterocycles. The summed E-state index contributed by atoms with van der Waals surface area (Å²) in [4.78, 5) is 29.5. The van der Waals surface area contributed by atoms with E-state index in [9.17, 15) is 14.7 Å². The lowest BCUT2D eigenvalue weighted by atomic mass is 9.99. The Morgan fingerprint density at radius 1 is 1.30 bits per heavy atom. The van der Waals surface area contributed by atoms with Gasteiger partial charge in [-0.05, 0) is 49.5 Å². The van der Waals surface area contributed by atoms with Crippen molar-refractivity contribution in [2.75, 3.05) is 26.5 Å². The molecular formula is C21H24N2O5S2. The molecule has 30 heavy (non-hydrogen) atoms. The summed E-state index contributed by atoms with van der Waals surface area (Å²) in [6.07, 6.45) is 5.59. The molecular weight excluding hydrogens is 424 g/mol. The summed E-state index contributed by atoms with van der Waals surface area (Å²) in [7, 11) is 0. The first-order chi connectivity index (χ1) is 14.6. The fourth-order valence-corrected chi connectivity index (χ4v) is 5.28. The number of likely N-dealkylation sites (tertiary alicyclic amines) is 1. The molecule has 9 heteroatoms. The number of aliphatic hydroxyl groups excluding tert-OH is 1. The van der Waals surface area contributed by atoms with Gasteiger partial charge in [-0.2, -0.15) is 0 Å². The molecule has 0 bridgehead atoms. The quantitative estimate of drug-likeness (QED) is 0.530. The molecule has 2 amide bonds. The van der Waals surface area contributed by atoms with E-state index in [1.54, 1.807) is 6.08 Å². The van der Waals surface area contributed by atoms with Gasteiger partial charge in [0.2, 0.25) is 12.7 Å². The van der Waals surface area contributed by atoms with Gasteiger partial charge in [-0.3, -0.25) is 14.5 Å². The number of carbonyl (C=O) groups is 2. The average molecular weight is 449 g/mol. The second-order valence-electron chi connectivity index (χ2n) is 7.45. The summed E-state index contributed by atoms with van der Waals surface area (Å²) in [5.41, 5.74) is 0.830. The standard InChI is InChI=1S/C21H24N2O5S2/c24-10-7-15-3-1-2-8-22(15)19(25)6-9-23-20(26)18(30-21(23)29)12-14-4-5-16-17(11-14)28-13-27-16/h4-5,11-12,15,24H,1-3,6-10,13H2/b18-12-/t15-/m0/s1. The van der Waals surface area contributed by atoms with Gasteiger partial charge in [-0.15, -0.1) is 0 Å². The van der Waals surface area contributed by atoms with Crippen molar-refractivity contribution in [3.63, 3.8) is 0 Å². The molecule has 3 aliphatic rings. The topological polar surface area (TPSA) is 79.3 Å². The summed E-state index contributed by atoms with van der Waals surface area (Å²) >= 11 is 6.63. The van der Waals surface area contributed by atoms with E-state index in [1.165, 1.54) is 16.7 Å². The van der Waals surface area contributed by atoms with Gasteiger partial charge in [0.15, 0.2) is 11.5 Å². The molecule has 2 fully saturated rings. The lowest BCUT2D eigenvalue weighted by molar-refractivity contribution is -0.135. The number of hydrogen-bond donors (Lipinski definition) is 1. The first-order valence-electron chi connectivity index (χ1n) is 10.1. The number of hydrogen-bond acceptors (Lipinski definition) is 7. The lowest BCUT2D eigenvalue weighted by Gasteiger charge is -2.36. The monoisotopic (exact) mass is 448 g/mol. The van der Waals surface area contributed by atoms with Crippen molar-refractivity contribution in [1.29, 1.82) is 0 Å². The first kappa shape index (κ1) is 21.1. The van der Waals surface area contributed by atoms with Crippen LogP contribution in [-0.4, -0.2) is 63.6 Å². The van der Waals surface area contributed by atoms with E-state index in [0.717, 1.165) is 24.8 Å².